The van der Waals surface area contributed by atoms with Crippen molar-refractivity contribution in [1.29, 1.82) is 0 Å². The quantitative estimate of drug-likeness (QED) is 0.844. The molecule has 1 fully saturated rings. The molecule has 0 saturated carbocycles. The minimum atomic E-state index is -0.967. The molecule has 0 radical (unpaired) electrons. The van der Waals surface area contributed by atoms with Gasteiger partial charge in [0, 0.05) is 31.2 Å². The average molecular weight is 295 g/mol. The van der Waals surface area contributed by atoms with Crippen LogP contribution >= 0.6 is 11.3 Å². The van der Waals surface area contributed by atoms with E-state index in [2.05, 4.69) is 0 Å². The number of rotatable bonds is 5. The number of hydrogen-bond acceptors (Lipinski definition) is 4. The van der Waals surface area contributed by atoms with Gasteiger partial charge < -0.3 is 14.7 Å². The van der Waals surface area contributed by atoms with Crippen molar-refractivity contribution < 1.29 is 19.4 Å². The molecule has 2 rings (SSSR count). The highest BCUT2D eigenvalue weighted by Gasteiger charge is 2.26. The lowest BCUT2D eigenvalue weighted by atomic mass is 10.2. The highest BCUT2D eigenvalue weighted by atomic mass is 32.1. The van der Waals surface area contributed by atoms with Gasteiger partial charge in [-0.1, -0.05) is 0 Å². The van der Waals surface area contributed by atoms with Gasteiger partial charge in [0.2, 0.25) is 0 Å². The first-order valence-electron chi connectivity index (χ1n) is 6.41. The lowest BCUT2D eigenvalue weighted by Crippen LogP contribution is -2.35. The minimum Gasteiger partial charge on any atom is -0.478 e. The van der Waals surface area contributed by atoms with Crippen molar-refractivity contribution in [2.75, 3.05) is 13.7 Å². The molecule has 0 aromatic carbocycles. The van der Waals surface area contributed by atoms with Crippen LogP contribution in [0.4, 0.5) is 0 Å². The number of likely N-dealkylation sites (N-methyl/N-ethyl adjacent to an activating group) is 1. The van der Waals surface area contributed by atoms with Crippen molar-refractivity contribution in [2.24, 2.45) is 0 Å². The third kappa shape index (κ3) is 3.91. The van der Waals surface area contributed by atoms with Crippen LogP contribution in [0.2, 0.25) is 0 Å². The van der Waals surface area contributed by atoms with Gasteiger partial charge >= 0.3 is 5.97 Å². The molecule has 1 atom stereocenters. The summed E-state index contributed by atoms with van der Waals surface area (Å²) in [6.07, 6.45) is 4.09. The number of carbonyl (C=O) groups is 2. The van der Waals surface area contributed by atoms with Gasteiger partial charge in [0.05, 0.1) is 0 Å². The number of carbonyl (C=O) groups excluding carboxylic acids is 1. The molecule has 1 aromatic heterocycles. The number of carboxylic acids is 1. The molecule has 5 nitrogen and oxygen atoms in total. The normalized spacial score (nSPS) is 18.6. The Kier molecular flexibility index (Phi) is 4.92. The fourth-order valence-corrected chi connectivity index (χ4v) is 2.88. The number of hydrogen-bond donors (Lipinski definition) is 1. The zero-order valence-electron chi connectivity index (χ0n) is 11.2. The monoisotopic (exact) mass is 295 g/mol. The Hall–Kier alpha value is -1.66. The summed E-state index contributed by atoms with van der Waals surface area (Å²) in [5.41, 5.74) is 0.994. The van der Waals surface area contributed by atoms with Crippen LogP contribution in [0, 0.1) is 0 Å². The lowest BCUT2D eigenvalue weighted by molar-refractivity contribution is -0.140. The van der Waals surface area contributed by atoms with E-state index in [4.69, 9.17) is 9.84 Å². The Morgan fingerprint density at radius 2 is 2.40 bits per heavy atom. The Morgan fingerprint density at radius 1 is 1.60 bits per heavy atom. The van der Waals surface area contributed by atoms with Gasteiger partial charge in [0.25, 0.3) is 5.91 Å². The van der Waals surface area contributed by atoms with E-state index >= 15 is 0 Å². The van der Waals surface area contributed by atoms with Crippen LogP contribution in [0.15, 0.2) is 17.5 Å². The smallest absolute Gasteiger partial charge is 0.328 e. The maximum atomic E-state index is 12.1. The first-order valence-corrected chi connectivity index (χ1v) is 7.29. The molecule has 1 aliphatic heterocycles. The van der Waals surface area contributed by atoms with Crippen molar-refractivity contribution >= 4 is 29.3 Å². The zero-order chi connectivity index (χ0) is 14.5. The van der Waals surface area contributed by atoms with Crippen LogP contribution in [0.1, 0.15) is 23.3 Å². The van der Waals surface area contributed by atoms with E-state index < -0.39 is 5.97 Å². The minimum absolute atomic E-state index is 0.0105. The van der Waals surface area contributed by atoms with E-state index in [1.165, 1.54) is 11.3 Å². The van der Waals surface area contributed by atoms with Crippen LogP contribution in [0.25, 0.3) is 6.08 Å². The molecule has 20 heavy (non-hydrogen) atoms. The molecule has 1 amide bonds. The van der Waals surface area contributed by atoms with E-state index in [0.29, 0.717) is 13.2 Å². The summed E-state index contributed by atoms with van der Waals surface area (Å²) < 4.78 is 5.38. The first-order chi connectivity index (χ1) is 9.56. The summed E-state index contributed by atoms with van der Waals surface area (Å²) in [6, 6.07) is 1.89. The molecule has 1 unspecified atom stereocenters. The Bertz CT molecular complexity index is 517. The topological polar surface area (TPSA) is 66.8 Å². The van der Waals surface area contributed by atoms with Gasteiger partial charge in [-0.15, -0.1) is 11.3 Å². The third-order valence-electron chi connectivity index (χ3n) is 3.07. The van der Waals surface area contributed by atoms with Gasteiger partial charge in [-0.2, -0.15) is 0 Å². The predicted octanol–water partition coefficient (Wildman–Crippen LogP) is 1.98. The number of aliphatic carboxylic acids is 1. The maximum absolute atomic E-state index is 12.1. The zero-order valence-corrected chi connectivity index (χ0v) is 12.1. The highest BCUT2D eigenvalue weighted by Crippen LogP contribution is 2.19. The number of amides is 1. The fraction of sp³-hybridized carbons (Fsp3) is 0.429. The number of carboxylic acid groups (broad SMARTS) is 1. The number of ether oxygens (including phenoxy) is 1. The first kappa shape index (κ1) is 14.7. The number of nitrogens with zero attached hydrogens (tertiary/aromatic N) is 1. The molecule has 1 saturated heterocycles. The van der Waals surface area contributed by atoms with Crippen molar-refractivity contribution in [1.82, 2.24) is 4.90 Å². The third-order valence-corrected chi connectivity index (χ3v) is 4.01. The van der Waals surface area contributed by atoms with Crippen molar-refractivity contribution in [3.05, 3.63) is 28.0 Å². The Morgan fingerprint density at radius 3 is 3.05 bits per heavy atom. The standard InChI is InChI=1S/C14H17NO4S/c1-15(14(18)12-3-2-6-19-12)8-10-7-11(20-9-10)4-5-13(16)17/h4-5,7,9,12H,2-3,6,8H2,1H3,(H,16,17). The largest absolute Gasteiger partial charge is 0.478 e. The summed E-state index contributed by atoms with van der Waals surface area (Å²) in [5, 5.41) is 10.5. The predicted molar refractivity (Wildman–Crippen MR) is 76.4 cm³/mol. The van der Waals surface area contributed by atoms with Crippen molar-refractivity contribution in [2.45, 2.75) is 25.5 Å². The summed E-state index contributed by atoms with van der Waals surface area (Å²) in [7, 11) is 1.76. The van der Waals surface area contributed by atoms with Crippen LogP contribution in [-0.2, 0) is 20.9 Å². The molecule has 1 aromatic rings. The molecular formula is C14H17NO4S. The van der Waals surface area contributed by atoms with Crippen molar-refractivity contribution in [3.63, 3.8) is 0 Å². The van der Waals surface area contributed by atoms with Gasteiger partial charge in [-0.25, -0.2) is 4.79 Å². The van der Waals surface area contributed by atoms with Crippen LogP contribution in [0.3, 0.4) is 0 Å². The van der Waals surface area contributed by atoms with Gasteiger partial charge in [0.1, 0.15) is 6.10 Å². The molecular weight excluding hydrogens is 278 g/mol. The molecule has 1 N–H and O–H groups in total. The lowest BCUT2D eigenvalue weighted by Gasteiger charge is -2.19. The van der Waals surface area contributed by atoms with Gasteiger partial charge in [0.15, 0.2) is 0 Å². The van der Waals surface area contributed by atoms with E-state index in [1.807, 2.05) is 11.4 Å². The van der Waals surface area contributed by atoms with E-state index in [0.717, 1.165) is 29.4 Å². The van der Waals surface area contributed by atoms with E-state index in [9.17, 15) is 9.59 Å². The SMILES string of the molecule is CN(Cc1csc(C=CC(=O)O)c1)C(=O)C1CCCO1. The second kappa shape index (κ2) is 6.67. The Labute approximate surface area is 121 Å². The highest BCUT2D eigenvalue weighted by molar-refractivity contribution is 7.11. The summed E-state index contributed by atoms with van der Waals surface area (Å²) in [4.78, 5) is 25.0. The second-order valence-electron chi connectivity index (χ2n) is 4.72. The van der Waals surface area contributed by atoms with Crippen LogP contribution < -0.4 is 0 Å². The van der Waals surface area contributed by atoms with Gasteiger partial charge in [-0.3, -0.25) is 4.79 Å². The van der Waals surface area contributed by atoms with Gasteiger partial charge in [-0.05, 0) is 35.9 Å². The molecule has 0 bridgehead atoms. The molecule has 0 aliphatic carbocycles. The van der Waals surface area contributed by atoms with Crippen molar-refractivity contribution in [3.8, 4) is 0 Å². The molecule has 108 valence electrons. The second-order valence-corrected chi connectivity index (χ2v) is 5.67. The average Bonchev–Trinajstić information content (AvgIpc) is 3.06. The summed E-state index contributed by atoms with van der Waals surface area (Å²) in [5.74, 6) is -0.957. The van der Waals surface area contributed by atoms with E-state index in [1.54, 1.807) is 18.0 Å². The molecule has 2 heterocycles. The van der Waals surface area contributed by atoms with Crippen LogP contribution in [0.5, 0.6) is 0 Å². The molecule has 1 aliphatic rings. The molecule has 6 heteroatoms. The Balaban J connectivity index is 1.92. The summed E-state index contributed by atoms with van der Waals surface area (Å²) >= 11 is 1.46. The summed E-state index contributed by atoms with van der Waals surface area (Å²) in [6.45, 7) is 1.17. The maximum Gasteiger partial charge on any atom is 0.328 e. The number of thiophene rings is 1. The van der Waals surface area contributed by atoms with Crippen LogP contribution in [-0.4, -0.2) is 41.6 Å². The fourth-order valence-electron chi connectivity index (χ4n) is 2.09. The molecule has 0 spiro atoms. The van der Waals surface area contributed by atoms with E-state index in [-0.39, 0.29) is 12.0 Å².